The van der Waals surface area contributed by atoms with Crippen molar-refractivity contribution in [3.05, 3.63) is 59.1 Å². The molecule has 2 nitrogen and oxygen atoms in total. The molecule has 0 aliphatic carbocycles. The van der Waals surface area contributed by atoms with E-state index in [1.165, 1.54) is 5.56 Å². The van der Waals surface area contributed by atoms with Crippen LogP contribution >= 0.6 is 23.4 Å². The van der Waals surface area contributed by atoms with Crippen molar-refractivity contribution in [2.75, 3.05) is 5.32 Å². The minimum Gasteiger partial charge on any atom is -0.325 e. The molecule has 0 saturated carbocycles. The van der Waals surface area contributed by atoms with Gasteiger partial charge in [-0.25, -0.2) is 0 Å². The summed E-state index contributed by atoms with van der Waals surface area (Å²) < 4.78 is 0. The molecule has 1 N–H and O–H groups in total. The lowest BCUT2D eigenvalue weighted by Crippen LogP contribution is -2.24. The Morgan fingerprint density at radius 3 is 2.27 bits per heavy atom. The van der Waals surface area contributed by atoms with Gasteiger partial charge in [-0.2, -0.15) is 0 Å². The molecule has 0 saturated heterocycles. The lowest BCUT2D eigenvalue weighted by atomic mass is 10.1. The molecular weight excluding hydrogens is 314 g/mol. The summed E-state index contributed by atoms with van der Waals surface area (Å²) in [4.78, 5) is 13.5. The maximum absolute atomic E-state index is 12.4. The van der Waals surface area contributed by atoms with Gasteiger partial charge in [-0.05, 0) is 54.8 Å². The smallest absolute Gasteiger partial charge is 0.237 e. The van der Waals surface area contributed by atoms with Crippen molar-refractivity contribution in [1.29, 1.82) is 0 Å². The molecule has 2 rings (SSSR count). The highest BCUT2D eigenvalue weighted by Crippen LogP contribution is 2.27. The summed E-state index contributed by atoms with van der Waals surface area (Å²) in [6, 6.07) is 15.6. The third-order valence-electron chi connectivity index (χ3n) is 3.38. The van der Waals surface area contributed by atoms with Gasteiger partial charge >= 0.3 is 0 Å². The van der Waals surface area contributed by atoms with E-state index in [2.05, 4.69) is 12.2 Å². The zero-order valence-electron chi connectivity index (χ0n) is 12.8. The molecule has 4 heteroatoms. The van der Waals surface area contributed by atoms with Gasteiger partial charge in [0.1, 0.15) is 0 Å². The number of rotatable bonds is 6. The van der Waals surface area contributed by atoms with Gasteiger partial charge in [-0.3, -0.25) is 4.79 Å². The fraction of sp³-hybridized carbons (Fsp3) is 0.278. The van der Waals surface area contributed by atoms with Gasteiger partial charge in [0.25, 0.3) is 0 Å². The van der Waals surface area contributed by atoms with Gasteiger partial charge < -0.3 is 5.32 Å². The number of aryl methyl sites for hydroxylation is 1. The molecule has 0 bridgehead atoms. The zero-order chi connectivity index (χ0) is 15.9. The van der Waals surface area contributed by atoms with Crippen LogP contribution in [-0.4, -0.2) is 11.2 Å². The first-order valence-electron chi connectivity index (χ1n) is 7.44. The Morgan fingerprint density at radius 1 is 1.09 bits per heavy atom. The average Bonchev–Trinajstić information content (AvgIpc) is 2.55. The standard InChI is InChI=1S/C18H20ClNOS/c1-3-13-5-9-15(10-6-13)20-18(21)17(4-2)22-16-11-7-14(19)8-12-16/h5-12,17H,3-4H2,1-2H3,(H,20,21)/t17-/m0/s1. The van der Waals surface area contributed by atoms with Gasteiger partial charge in [-0.1, -0.05) is 37.6 Å². The predicted molar refractivity (Wildman–Crippen MR) is 95.8 cm³/mol. The van der Waals surface area contributed by atoms with Crippen LogP contribution in [0.25, 0.3) is 0 Å². The van der Waals surface area contributed by atoms with Crippen LogP contribution in [0.5, 0.6) is 0 Å². The normalized spacial score (nSPS) is 12.0. The average molecular weight is 334 g/mol. The lowest BCUT2D eigenvalue weighted by molar-refractivity contribution is -0.115. The first-order valence-corrected chi connectivity index (χ1v) is 8.70. The first kappa shape index (κ1) is 16.9. The fourth-order valence-electron chi connectivity index (χ4n) is 2.05. The Balaban J connectivity index is 1.99. The summed E-state index contributed by atoms with van der Waals surface area (Å²) in [6.45, 7) is 4.14. The van der Waals surface area contributed by atoms with Crippen LogP contribution in [0.4, 0.5) is 5.69 Å². The highest BCUT2D eigenvalue weighted by Gasteiger charge is 2.18. The SMILES string of the molecule is CCc1ccc(NC(=O)[C@H](CC)Sc2ccc(Cl)cc2)cc1. The van der Waals surface area contributed by atoms with E-state index in [-0.39, 0.29) is 11.2 Å². The summed E-state index contributed by atoms with van der Waals surface area (Å²) in [5, 5.41) is 3.58. The van der Waals surface area contributed by atoms with Crippen molar-refractivity contribution in [1.82, 2.24) is 0 Å². The van der Waals surface area contributed by atoms with Crippen molar-refractivity contribution in [3.8, 4) is 0 Å². The predicted octanol–water partition coefficient (Wildman–Crippen LogP) is 5.41. The van der Waals surface area contributed by atoms with Gasteiger partial charge in [0.15, 0.2) is 0 Å². The van der Waals surface area contributed by atoms with Gasteiger partial charge in [0, 0.05) is 15.6 Å². The van der Waals surface area contributed by atoms with E-state index in [9.17, 15) is 4.79 Å². The molecule has 0 aliphatic rings. The molecule has 116 valence electrons. The van der Waals surface area contributed by atoms with E-state index in [0.717, 1.165) is 23.4 Å². The molecule has 22 heavy (non-hydrogen) atoms. The molecule has 0 unspecified atom stereocenters. The monoisotopic (exact) mass is 333 g/mol. The summed E-state index contributed by atoms with van der Waals surface area (Å²) >= 11 is 7.45. The van der Waals surface area contributed by atoms with Crippen molar-refractivity contribution < 1.29 is 4.79 Å². The zero-order valence-corrected chi connectivity index (χ0v) is 14.4. The number of halogens is 1. The molecule has 0 aliphatic heterocycles. The van der Waals surface area contributed by atoms with Crippen molar-refractivity contribution >= 4 is 35.0 Å². The second-order valence-corrected chi connectivity index (χ2v) is 6.72. The highest BCUT2D eigenvalue weighted by atomic mass is 35.5. The molecule has 0 aromatic heterocycles. The Hall–Kier alpha value is -1.45. The molecule has 1 amide bonds. The minimum absolute atomic E-state index is 0.0340. The van der Waals surface area contributed by atoms with E-state index in [1.54, 1.807) is 11.8 Å². The number of carbonyl (C=O) groups excluding carboxylic acids is 1. The summed E-state index contributed by atoms with van der Waals surface area (Å²) in [6.07, 6.45) is 1.77. The molecule has 2 aromatic rings. The van der Waals surface area contributed by atoms with Crippen LogP contribution in [-0.2, 0) is 11.2 Å². The molecule has 1 atom stereocenters. The number of amides is 1. The Labute approximate surface area is 141 Å². The van der Waals surface area contributed by atoms with E-state index in [4.69, 9.17) is 11.6 Å². The quantitative estimate of drug-likeness (QED) is 0.716. The number of nitrogens with one attached hydrogen (secondary N) is 1. The third-order valence-corrected chi connectivity index (χ3v) is 5.01. The molecular formula is C18H20ClNOS. The van der Waals surface area contributed by atoms with Crippen LogP contribution in [0.1, 0.15) is 25.8 Å². The Morgan fingerprint density at radius 2 is 1.73 bits per heavy atom. The molecule has 0 spiro atoms. The number of thioether (sulfide) groups is 1. The maximum atomic E-state index is 12.4. The van der Waals surface area contributed by atoms with E-state index < -0.39 is 0 Å². The van der Waals surface area contributed by atoms with Crippen molar-refractivity contribution in [3.63, 3.8) is 0 Å². The topological polar surface area (TPSA) is 29.1 Å². The largest absolute Gasteiger partial charge is 0.325 e. The van der Waals surface area contributed by atoms with Crippen LogP contribution in [0, 0.1) is 0 Å². The van der Waals surface area contributed by atoms with Crippen LogP contribution in [0.15, 0.2) is 53.4 Å². The molecule has 0 fully saturated rings. The van der Waals surface area contributed by atoms with Crippen molar-refractivity contribution in [2.45, 2.75) is 36.8 Å². The summed E-state index contributed by atoms with van der Waals surface area (Å²) in [5.74, 6) is 0.0340. The number of benzene rings is 2. The Bertz CT molecular complexity index is 610. The van der Waals surface area contributed by atoms with Crippen molar-refractivity contribution in [2.24, 2.45) is 0 Å². The number of carbonyl (C=O) groups is 1. The van der Waals surface area contributed by atoms with Gasteiger partial charge in [0.2, 0.25) is 5.91 Å². The van der Waals surface area contributed by atoms with Crippen LogP contribution in [0.2, 0.25) is 5.02 Å². The second-order valence-electron chi connectivity index (χ2n) is 5.01. The second kappa shape index (κ2) is 8.25. The maximum Gasteiger partial charge on any atom is 0.237 e. The number of hydrogen-bond donors (Lipinski definition) is 1. The van der Waals surface area contributed by atoms with Gasteiger partial charge in [-0.15, -0.1) is 11.8 Å². The fourth-order valence-corrected chi connectivity index (χ4v) is 3.13. The number of hydrogen-bond acceptors (Lipinski definition) is 2. The summed E-state index contributed by atoms with van der Waals surface area (Å²) in [7, 11) is 0. The van der Waals surface area contributed by atoms with Gasteiger partial charge in [0.05, 0.1) is 5.25 Å². The highest BCUT2D eigenvalue weighted by molar-refractivity contribution is 8.00. The molecule has 0 heterocycles. The molecule has 0 radical (unpaired) electrons. The molecule has 2 aromatic carbocycles. The third kappa shape index (κ3) is 4.79. The number of anilines is 1. The van der Waals surface area contributed by atoms with Crippen LogP contribution in [0.3, 0.4) is 0 Å². The van der Waals surface area contributed by atoms with E-state index in [1.807, 2.05) is 55.5 Å². The lowest BCUT2D eigenvalue weighted by Gasteiger charge is -2.15. The van der Waals surface area contributed by atoms with E-state index >= 15 is 0 Å². The first-order chi connectivity index (χ1) is 10.6. The van der Waals surface area contributed by atoms with E-state index in [0.29, 0.717) is 5.02 Å². The summed E-state index contributed by atoms with van der Waals surface area (Å²) in [5.41, 5.74) is 2.11. The minimum atomic E-state index is -0.118. The Kier molecular flexibility index (Phi) is 6.34. The van der Waals surface area contributed by atoms with Crippen LogP contribution < -0.4 is 5.32 Å².